The Morgan fingerprint density at radius 2 is 1.94 bits per heavy atom. The van der Waals surface area contributed by atoms with Crippen LogP contribution in [0.5, 0.6) is 11.6 Å². The van der Waals surface area contributed by atoms with E-state index in [9.17, 15) is 8.42 Å². The third-order valence-corrected chi connectivity index (χ3v) is 7.86. The van der Waals surface area contributed by atoms with Crippen LogP contribution >= 0.6 is 11.6 Å². The van der Waals surface area contributed by atoms with E-state index in [1.807, 2.05) is 49.5 Å². The molecule has 0 fully saturated rings. The molecule has 35 heavy (non-hydrogen) atoms. The van der Waals surface area contributed by atoms with Crippen LogP contribution in [-0.2, 0) is 16.6 Å². The zero-order chi connectivity index (χ0) is 24.6. The van der Waals surface area contributed by atoms with Crippen LogP contribution in [-0.4, -0.2) is 33.6 Å². The predicted molar refractivity (Wildman–Crippen MR) is 138 cm³/mol. The molecular formula is C26H24ClN3O4S. The molecular weight excluding hydrogens is 486 g/mol. The number of nitrogens with zero attached hydrogens (tertiary/aromatic N) is 2. The van der Waals surface area contributed by atoms with Gasteiger partial charge in [0.2, 0.25) is 5.88 Å². The van der Waals surface area contributed by atoms with Gasteiger partial charge < -0.3 is 14.4 Å². The molecule has 9 heteroatoms. The van der Waals surface area contributed by atoms with Gasteiger partial charge in [-0.1, -0.05) is 41.9 Å². The van der Waals surface area contributed by atoms with Crippen molar-refractivity contribution < 1.29 is 17.9 Å². The highest BCUT2D eigenvalue weighted by Gasteiger charge is 2.22. The second-order valence-corrected chi connectivity index (χ2v) is 10.4. The summed E-state index contributed by atoms with van der Waals surface area (Å²) in [6, 6.07) is 19.8. The minimum atomic E-state index is -3.94. The number of fused-ring (bicyclic) bond motifs is 2. The van der Waals surface area contributed by atoms with Gasteiger partial charge in [0.05, 0.1) is 22.6 Å². The average molecular weight is 510 g/mol. The van der Waals surface area contributed by atoms with Crippen molar-refractivity contribution in [2.45, 2.75) is 18.4 Å². The molecule has 0 radical (unpaired) electrons. The fourth-order valence-electron chi connectivity index (χ4n) is 4.00. The molecule has 180 valence electrons. The van der Waals surface area contributed by atoms with Crippen molar-refractivity contribution in [1.82, 2.24) is 4.98 Å². The van der Waals surface area contributed by atoms with Crippen LogP contribution in [0.1, 0.15) is 11.1 Å². The summed E-state index contributed by atoms with van der Waals surface area (Å²) in [5.41, 5.74) is 3.32. The summed E-state index contributed by atoms with van der Waals surface area (Å²) < 4.78 is 41.0. The monoisotopic (exact) mass is 509 g/mol. The number of sulfonamides is 1. The van der Waals surface area contributed by atoms with E-state index in [1.165, 1.54) is 6.07 Å². The molecule has 1 aliphatic heterocycles. The smallest absolute Gasteiger partial charge is 0.262 e. The van der Waals surface area contributed by atoms with Crippen molar-refractivity contribution in [3.63, 3.8) is 0 Å². The van der Waals surface area contributed by atoms with Gasteiger partial charge in [0.25, 0.3) is 10.0 Å². The molecule has 1 aliphatic rings. The first-order chi connectivity index (χ1) is 16.8. The molecule has 0 atom stereocenters. The Labute approximate surface area is 209 Å². The highest BCUT2D eigenvalue weighted by Crippen LogP contribution is 2.34. The van der Waals surface area contributed by atoms with E-state index in [4.69, 9.17) is 21.1 Å². The maximum absolute atomic E-state index is 13.3. The van der Waals surface area contributed by atoms with Gasteiger partial charge in [-0.15, -0.1) is 0 Å². The SMILES string of the molecule is Cc1c(Cl)cccc1S(=O)(=O)Nc1cc2ccccc2nc1OCc1ccc2c(c1)OCCN2C. The molecule has 7 nitrogen and oxygen atoms in total. The number of benzene rings is 3. The Morgan fingerprint density at radius 1 is 1.11 bits per heavy atom. The number of hydrogen-bond donors (Lipinski definition) is 1. The van der Waals surface area contributed by atoms with Crippen molar-refractivity contribution in [3.8, 4) is 11.6 Å². The Bertz CT molecular complexity index is 1520. The summed E-state index contributed by atoms with van der Waals surface area (Å²) in [4.78, 5) is 6.83. The van der Waals surface area contributed by atoms with Crippen LogP contribution in [0.25, 0.3) is 10.9 Å². The van der Waals surface area contributed by atoms with E-state index >= 15 is 0 Å². The molecule has 5 rings (SSSR count). The molecule has 0 bridgehead atoms. The second-order valence-electron chi connectivity index (χ2n) is 8.36. The number of anilines is 2. The fraction of sp³-hybridized carbons (Fsp3) is 0.192. The average Bonchev–Trinajstić information content (AvgIpc) is 2.84. The van der Waals surface area contributed by atoms with E-state index in [0.29, 0.717) is 22.7 Å². The first-order valence-corrected chi connectivity index (χ1v) is 13.0. The highest BCUT2D eigenvalue weighted by atomic mass is 35.5. The number of rotatable bonds is 6. The number of hydrogen-bond acceptors (Lipinski definition) is 6. The lowest BCUT2D eigenvalue weighted by molar-refractivity contribution is 0.291. The van der Waals surface area contributed by atoms with Crippen LogP contribution in [0.3, 0.4) is 0 Å². The number of nitrogens with one attached hydrogen (secondary N) is 1. The lowest BCUT2D eigenvalue weighted by Gasteiger charge is -2.28. The third kappa shape index (κ3) is 4.72. The molecule has 4 aromatic rings. The van der Waals surface area contributed by atoms with Gasteiger partial charge in [-0.3, -0.25) is 4.72 Å². The Hall–Kier alpha value is -3.49. The summed E-state index contributed by atoms with van der Waals surface area (Å²) in [6.45, 7) is 3.31. The van der Waals surface area contributed by atoms with Crippen LogP contribution in [0.15, 0.2) is 71.6 Å². The number of aromatic nitrogens is 1. The van der Waals surface area contributed by atoms with Gasteiger partial charge in [-0.2, -0.15) is 0 Å². The summed E-state index contributed by atoms with van der Waals surface area (Å²) >= 11 is 6.17. The lowest BCUT2D eigenvalue weighted by Crippen LogP contribution is -2.28. The molecule has 1 N–H and O–H groups in total. The summed E-state index contributed by atoms with van der Waals surface area (Å²) in [6.07, 6.45) is 0. The highest BCUT2D eigenvalue weighted by molar-refractivity contribution is 7.92. The van der Waals surface area contributed by atoms with E-state index in [0.717, 1.165) is 28.9 Å². The van der Waals surface area contributed by atoms with Crippen LogP contribution in [0.2, 0.25) is 5.02 Å². The zero-order valence-corrected chi connectivity index (χ0v) is 20.9. The van der Waals surface area contributed by atoms with Gasteiger partial charge in [0.15, 0.2) is 0 Å². The minimum absolute atomic E-state index is 0.0973. The van der Waals surface area contributed by atoms with Crippen molar-refractivity contribution >= 4 is 43.9 Å². The first-order valence-electron chi connectivity index (χ1n) is 11.1. The molecule has 0 saturated heterocycles. The Balaban J connectivity index is 1.48. The Kier molecular flexibility index (Phi) is 6.17. The van der Waals surface area contributed by atoms with Gasteiger partial charge in [0, 0.05) is 17.5 Å². The number of pyridine rings is 1. The molecule has 2 heterocycles. The quantitative estimate of drug-likeness (QED) is 0.374. The van der Waals surface area contributed by atoms with E-state index in [-0.39, 0.29) is 23.1 Å². The zero-order valence-electron chi connectivity index (χ0n) is 19.3. The topological polar surface area (TPSA) is 80.8 Å². The first kappa shape index (κ1) is 23.3. The standard InChI is InChI=1S/C26H24ClN3O4S/c1-17-20(27)7-5-9-25(17)35(31,32)29-22-15-19-6-3-4-8-21(19)28-26(22)34-16-18-10-11-23-24(14-18)33-13-12-30(23)2/h3-11,14-15,29H,12-13,16H2,1-2H3. The second kappa shape index (κ2) is 9.28. The Morgan fingerprint density at radius 3 is 2.80 bits per heavy atom. The van der Waals surface area contributed by atoms with Gasteiger partial charge in [-0.25, -0.2) is 13.4 Å². The van der Waals surface area contributed by atoms with Gasteiger partial charge in [-0.05, 0) is 54.4 Å². The summed E-state index contributed by atoms with van der Waals surface area (Å²) in [5.74, 6) is 0.978. The largest absolute Gasteiger partial charge is 0.490 e. The molecule has 1 aromatic heterocycles. The molecule has 0 amide bonds. The van der Waals surface area contributed by atoms with Gasteiger partial charge >= 0.3 is 0 Å². The van der Waals surface area contributed by atoms with E-state index in [1.54, 1.807) is 25.1 Å². The van der Waals surface area contributed by atoms with E-state index in [2.05, 4.69) is 14.6 Å². The normalized spacial score (nSPS) is 13.3. The van der Waals surface area contributed by atoms with Crippen LogP contribution in [0.4, 0.5) is 11.4 Å². The molecule has 0 spiro atoms. The number of halogens is 1. The molecule has 0 aliphatic carbocycles. The third-order valence-electron chi connectivity index (χ3n) is 5.94. The summed E-state index contributed by atoms with van der Waals surface area (Å²) in [7, 11) is -1.91. The van der Waals surface area contributed by atoms with Crippen LogP contribution in [0, 0.1) is 6.92 Å². The minimum Gasteiger partial charge on any atom is -0.490 e. The summed E-state index contributed by atoms with van der Waals surface area (Å²) in [5, 5.41) is 1.16. The maximum atomic E-state index is 13.3. The van der Waals surface area contributed by atoms with Crippen molar-refractivity contribution in [2.24, 2.45) is 0 Å². The van der Waals surface area contributed by atoms with Gasteiger partial charge in [0.1, 0.15) is 24.7 Å². The number of likely N-dealkylation sites (N-methyl/N-ethyl adjacent to an activating group) is 1. The van der Waals surface area contributed by atoms with Crippen molar-refractivity contribution in [1.29, 1.82) is 0 Å². The number of ether oxygens (including phenoxy) is 2. The van der Waals surface area contributed by atoms with Crippen molar-refractivity contribution in [3.05, 3.63) is 82.9 Å². The molecule has 0 saturated carbocycles. The van der Waals surface area contributed by atoms with Crippen molar-refractivity contribution in [2.75, 3.05) is 29.8 Å². The van der Waals surface area contributed by atoms with Crippen LogP contribution < -0.4 is 19.1 Å². The van der Waals surface area contributed by atoms with E-state index < -0.39 is 10.0 Å². The maximum Gasteiger partial charge on any atom is 0.262 e. The lowest BCUT2D eigenvalue weighted by atomic mass is 10.1. The molecule has 0 unspecified atom stereocenters. The predicted octanol–water partition coefficient (Wildman–Crippen LogP) is 5.41. The fourth-order valence-corrected chi connectivity index (χ4v) is 5.55. The molecule has 3 aromatic carbocycles. The number of para-hydroxylation sites is 1.